The zero-order valence-corrected chi connectivity index (χ0v) is 11.2. The molecule has 0 unspecified atom stereocenters. The first-order valence-electron chi connectivity index (χ1n) is 5.78. The highest BCUT2D eigenvalue weighted by Gasteiger charge is 2.13. The van der Waals surface area contributed by atoms with Gasteiger partial charge < -0.3 is 9.84 Å². The van der Waals surface area contributed by atoms with Gasteiger partial charge in [-0.1, -0.05) is 6.07 Å². The first-order chi connectivity index (χ1) is 9.10. The minimum atomic E-state index is -3.59. The summed E-state index contributed by atoms with van der Waals surface area (Å²) in [4.78, 5) is 0.0721. The Kier molecular flexibility index (Phi) is 6.45. The second-order valence-corrected chi connectivity index (χ2v) is 5.49. The summed E-state index contributed by atoms with van der Waals surface area (Å²) >= 11 is 0. The lowest BCUT2D eigenvalue weighted by Crippen LogP contribution is -2.25. The first kappa shape index (κ1) is 15.6. The second kappa shape index (κ2) is 7.86. The van der Waals surface area contributed by atoms with Crippen LogP contribution in [0.15, 0.2) is 29.2 Å². The van der Waals surface area contributed by atoms with Gasteiger partial charge in [-0.15, -0.1) is 0 Å². The van der Waals surface area contributed by atoms with Crippen molar-refractivity contribution < 1.29 is 18.3 Å². The van der Waals surface area contributed by atoms with E-state index in [-0.39, 0.29) is 24.7 Å². The topological polar surface area (TPSA) is 99.4 Å². The second-order valence-electron chi connectivity index (χ2n) is 3.73. The quantitative estimate of drug-likeness (QED) is 0.666. The van der Waals surface area contributed by atoms with Gasteiger partial charge in [-0.2, -0.15) is 5.26 Å². The maximum absolute atomic E-state index is 11.9. The number of sulfonamides is 1. The Labute approximate surface area is 112 Å². The Morgan fingerprint density at radius 3 is 2.84 bits per heavy atom. The summed E-state index contributed by atoms with van der Waals surface area (Å²) in [5.41, 5.74) is 0.300. The monoisotopic (exact) mass is 284 g/mol. The van der Waals surface area contributed by atoms with E-state index in [2.05, 4.69) is 4.72 Å². The minimum Gasteiger partial charge on any atom is -0.394 e. The number of nitriles is 1. The summed E-state index contributed by atoms with van der Waals surface area (Å²) in [6.45, 7) is 0.815. The van der Waals surface area contributed by atoms with Crippen LogP contribution < -0.4 is 4.72 Å². The fourth-order valence-corrected chi connectivity index (χ4v) is 2.48. The molecule has 0 aliphatic carbocycles. The van der Waals surface area contributed by atoms with Crippen LogP contribution in [0.25, 0.3) is 0 Å². The number of hydrogen-bond donors (Lipinski definition) is 2. The molecule has 0 spiro atoms. The molecule has 0 radical (unpaired) electrons. The van der Waals surface area contributed by atoms with E-state index < -0.39 is 10.0 Å². The number of hydrogen-bond acceptors (Lipinski definition) is 5. The lowest BCUT2D eigenvalue weighted by molar-refractivity contribution is 0.0913. The average molecular weight is 284 g/mol. The number of nitrogens with zero attached hydrogens (tertiary/aromatic N) is 1. The van der Waals surface area contributed by atoms with Gasteiger partial charge in [0.1, 0.15) is 0 Å². The number of benzene rings is 1. The number of nitrogens with one attached hydrogen (secondary N) is 1. The van der Waals surface area contributed by atoms with E-state index in [0.717, 1.165) is 0 Å². The van der Waals surface area contributed by atoms with Gasteiger partial charge in [0, 0.05) is 13.2 Å². The van der Waals surface area contributed by atoms with Crippen LogP contribution in [0.1, 0.15) is 12.0 Å². The Morgan fingerprint density at radius 1 is 1.37 bits per heavy atom. The highest BCUT2D eigenvalue weighted by atomic mass is 32.2. The zero-order chi connectivity index (χ0) is 14.1. The van der Waals surface area contributed by atoms with Crippen LogP contribution in [0.3, 0.4) is 0 Å². The predicted molar refractivity (Wildman–Crippen MR) is 68.9 cm³/mol. The van der Waals surface area contributed by atoms with Gasteiger partial charge in [-0.25, -0.2) is 13.1 Å². The number of ether oxygens (including phenoxy) is 1. The van der Waals surface area contributed by atoms with Crippen LogP contribution in [0, 0.1) is 11.3 Å². The Balaban J connectivity index is 2.49. The molecule has 0 amide bonds. The third-order valence-electron chi connectivity index (χ3n) is 2.27. The molecule has 0 heterocycles. The molecule has 7 heteroatoms. The van der Waals surface area contributed by atoms with Crippen LogP contribution >= 0.6 is 0 Å². The molecule has 0 saturated heterocycles. The molecule has 2 N–H and O–H groups in total. The van der Waals surface area contributed by atoms with Crippen molar-refractivity contribution in [1.82, 2.24) is 4.72 Å². The Bertz CT molecular complexity index is 537. The molecular formula is C12H16N2O4S. The minimum absolute atomic E-state index is 0.0489. The summed E-state index contributed by atoms with van der Waals surface area (Å²) in [6.07, 6.45) is 0.511. The molecule has 0 aliphatic heterocycles. The van der Waals surface area contributed by atoms with E-state index in [4.69, 9.17) is 15.1 Å². The van der Waals surface area contributed by atoms with E-state index in [1.165, 1.54) is 18.2 Å². The molecule has 0 bridgehead atoms. The van der Waals surface area contributed by atoms with Gasteiger partial charge >= 0.3 is 0 Å². The van der Waals surface area contributed by atoms with Gasteiger partial charge in [-0.05, 0) is 24.6 Å². The Morgan fingerprint density at radius 2 is 2.16 bits per heavy atom. The fourth-order valence-electron chi connectivity index (χ4n) is 1.36. The lowest BCUT2D eigenvalue weighted by atomic mass is 10.2. The summed E-state index contributed by atoms with van der Waals surface area (Å²) < 4.78 is 31.2. The molecule has 0 aliphatic rings. The van der Waals surface area contributed by atoms with Gasteiger partial charge in [-0.3, -0.25) is 0 Å². The van der Waals surface area contributed by atoms with Crippen molar-refractivity contribution in [1.29, 1.82) is 5.26 Å². The van der Waals surface area contributed by atoms with Crippen molar-refractivity contribution in [2.75, 3.05) is 26.4 Å². The van der Waals surface area contributed by atoms with Crippen LogP contribution in [-0.2, 0) is 14.8 Å². The highest BCUT2D eigenvalue weighted by Crippen LogP contribution is 2.10. The van der Waals surface area contributed by atoms with Gasteiger partial charge in [0.25, 0.3) is 0 Å². The van der Waals surface area contributed by atoms with Crippen molar-refractivity contribution in [2.24, 2.45) is 0 Å². The molecule has 6 nitrogen and oxygen atoms in total. The van der Waals surface area contributed by atoms with E-state index in [0.29, 0.717) is 18.6 Å². The summed E-state index contributed by atoms with van der Waals surface area (Å²) in [6, 6.07) is 7.72. The molecule has 0 aromatic heterocycles. The fraction of sp³-hybridized carbons (Fsp3) is 0.417. The van der Waals surface area contributed by atoms with Gasteiger partial charge in [0.2, 0.25) is 10.0 Å². The lowest BCUT2D eigenvalue weighted by Gasteiger charge is -2.07. The van der Waals surface area contributed by atoms with Gasteiger partial charge in [0.05, 0.1) is 29.7 Å². The summed E-state index contributed by atoms with van der Waals surface area (Å²) in [5.74, 6) is 0. The number of aliphatic hydroxyl groups excluding tert-OH is 1. The largest absolute Gasteiger partial charge is 0.394 e. The molecular weight excluding hydrogens is 268 g/mol. The standard InChI is InChI=1S/C12H16N2O4S/c13-10-11-3-1-4-12(9-11)19(16,17)14-5-2-7-18-8-6-15/h1,3-4,9,14-15H,2,5-8H2. The molecule has 0 atom stereocenters. The number of rotatable bonds is 8. The van der Waals surface area contributed by atoms with E-state index in [1.807, 2.05) is 6.07 Å². The molecule has 104 valence electrons. The number of aliphatic hydroxyl groups is 1. The summed E-state index contributed by atoms with van der Waals surface area (Å²) in [7, 11) is -3.59. The van der Waals surface area contributed by atoms with E-state index in [9.17, 15) is 8.42 Å². The van der Waals surface area contributed by atoms with Crippen LogP contribution in [0.5, 0.6) is 0 Å². The molecule has 19 heavy (non-hydrogen) atoms. The molecule has 0 saturated carbocycles. The smallest absolute Gasteiger partial charge is 0.240 e. The maximum Gasteiger partial charge on any atom is 0.240 e. The van der Waals surface area contributed by atoms with Crippen LogP contribution in [0.2, 0.25) is 0 Å². The van der Waals surface area contributed by atoms with E-state index >= 15 is 0 Å². The van der Waals surface area contributed by atoms with Crippen LogP contribution in [-0.4, -0.2) is 39.9 Å². The highest BCUT2D eigenvalue weighted by molar-refractivity contribution is 7.89. The van der Waals surface area contributed by atoms with Gasteiger partial charge in [0.15, 0.2) is 0 Å². The van der Waals surface area contributed by atoms with Crippen molar-refractivity contribution in [3.05, 3.63) is 29.8 Å². The Hall–Kier alpha value is -1.46. The van der Waals surface area contributed by atoms with E-state index in [1.54, 1.807) is 6.07 Å². The maximum atomic E-state index is 11.9. The molecule has 1 rings (SSSR count). The van der Waals surface area contributed by atoms with Crippen molar-refractivity contribution >= 4 is 10.0 Å². The molecule has 0 fully saturated rings. The van der Waals surface area contributed by atoms with Crippen molar-refractivity contribution in [2.45, 2.75) is 11.3 Å². The average Bonchev–Trinajstić information content (AvgIpc) is 2.43. The molecule has 1 aromatic rings. The first-order valence-corrected chi connectivity index (χ1v) is 7.27. The van der Waals surface area contributed by atoms with Crippen molar-refractivity contribution in [3.8, 4) is 6.07 Å². The summed E-state index contributed by atoms with van der Waals surface area (Å²) in [5, 5.41) is 17.2. The normalized spacial score (nSPS) is 11.2. The third kappa shape index (κ3) is 5.36. The SMILES string of the molecule is N#Cc1cccc(S(=O)(=O)NCCCOCCO)c1. The van der Waals surface area contributed by atoms with Crippen molar-refractivity contribution in [3.63, 3.8) is 0 Å². The zero-order valence-electron chi connectivity index (χ0n) is 10.4. The molecule has 1 aromatic carbocycles. The van der Waals surface area contributed by atoms with Crippen LogP contribution in [0.4, 0.5) is 0 Å². The third-order valence-corrected chi connectivity index (χ3v) is 3.73. The predicted octanol–water partition coefficient (Wildman–Crippen LogP) is 0.236.